The van der Waals surface area contributed by atoms with E-state index >= 15 is 0 Å². The van der Waals surface area contributed by atoms with Gasteiger partial charge in [-0.05, 0) is 36.5 Å². The summed E-state index contributed by atoms with van der Waals surface area (Å²) in [6, 6.07) is 6.14. The molecule has 1 aliphatic rings. The molecule has 0 saturated heterocycles. The number of hydrogen-bond donors (Lipinski definition) is 1. The minimum Gasteiger partial charge on any atom is -0.369 e. The molecule has 0 spiro atoms. The lowest BCUT2D eigenvalue weighted by atomic mass is 9.98. The monoisotopic (exact) mass is 307 g/mol. The Labute approximate surface area is 116 Å². The first-order chi connectivity index (χ1) is 8.65. The van der Waals surface area contributed by atoms with Gasteiger partial charge in [0.2, 0.25) is 5.95 Å². The van der Waals surface area contributed by atoms with Gasteiger partial charge < -0.3 is 10.3 Å². The van der Waals surface area contributed by atoms with Crippen molar-refractivity contribution in [3.8, 4) is 0 Å². The van der Waals surface area contributed by atoms with Crippen LogP contribution in [0.4, 0.5) is 5.95 Å². The SMILES string of the molecule is CC1CCCC1Cn1c(N)nc2ccc(Br)cc21. The molecule has 1 aromatic carbocycles. The van der Waals surface area contributed by atoms with Crippen molar-refractivity contribution >= 4 is 32.9 Å². The first kappa shape index (κ1) is 12.0. The summed E-state index contributed by atoms with van der Waals surface area (Å²) in [5.41, 5.74) is 8.19. The molecule has 2 N–H and O–H groups in total. The number of rotatable bonds is 2. The van der Waals surface area contributed by atoms with Crippen LogP contribution < -0.4 is 5.73 Å². The summed E-state index contributed by atoms with van der Waals surface area (Å²) in [5.74, 6) is 2.18. The van der Waals surface area contributed by atoms with Gasteiger partial charge in [-0.25, -0.2) is 4.98 Å². The van der Waals surface area contributed by atoms with E-state index in [-0.39, 0.29) is 0 Å². The highest BCUT2D eigenvalue weighted by Crippen LogP contribution is 2.34. The number of nitrogen functional groups attached to an aromatic ring is 1. The van der Waals surface area contributed by atoms with Gasteiger partial charge in [0.25, 0.3) is 0 Å². The molecule has 1 saturated carbocycles. The van der Waals surface area contributed by atoms with Crippen molar-refractivity contribution in [1.82, 2.24) is 9.55 Å². The molecule has 1 aliphatic carbocycles. The van der Waals surface area contributed by atoms with E-state index in [1.54, 1.807) is 0 Å². The van der Waals surface area contributed by atoms with Gasteiger partial charge in [0.05, 0.1) is 11.0 Å². The van der Waals surface area contributed by atoms with Crippen LogP contribution in [0.1, 0.15) is 26.2 Å². The topological polar surface area (TPSA) is 43.8 Å². The third kappa shape index (κ3) is 2.03. The molecule has 2 atom stereocenters. The van der Waals surface area contributed by atoms with E-state index in [2.05, 4.69) is 38.5 Å². The van der Waals surface area contributed by atoms with Crippen LogP contribution in [0.25, 0.3) is 11.0 Å². The van der Waals surface area contributed by atoms with E-state index in [0.29, 0.717) is 5.95 Å². The van der Waals surface area contributed by atoms with E-state index in [0.717, 1.165) is 33.9 Å². The van der Waals surface area contributed by atoms with Gasteiger partial charge in [-0.2, -0.15) is 0 Å². The summed E-state index contributed by atoms with van der Waals surface area (Å²) in [4.78, 5) is 4.44. The van der Waals surface area contributed by atoms with Crippen LogP contribution in [0.3, 0.4) is 0 Å². The zero-order valence-electron chi connectivity index (χ0n) is 10.6. The van der Waals surface area contributed by atoms with Gasteiger partial charge in [-0.15, -0.1) is 0 Å². The fourth-order valence-electron chi connectivity index (χ4n) is 3.03. The van der Waals surface area contributed by atoms with Crippen molar-refractivity contribution in [2.75, 3.05) is 5.73 Å². The molecule has 0 aliphatic heterocycles. The van der Waals surface area contributed by atoms with Crippen molar-refractivity contribution in [1.29, 1.82) is 0 Å². The molecule has 3 rings (SSSR count). The second-order valence-corrected chi connectivity index (χ2v) is 6.30. The predicted octanol–water partition coefficient (Wildman–Crippen LogP) is 3.82. The number of anilines is 1. The molecule has 1 aromatic heterocycles. The first-order valence-electron chi connectivity index (χ1n) is 6.56. The summed E-state index contributed by atoms with van der Waals surface area (Å²) in [6.07, 6.45) is 4.01. The zero-order valence-corrected chi connectivity index (χ0v) is 12.2. The molecule has 1 heterocycles. The van der Waals surface area contributed by atoms with Crippen LogP contribution in [0.2, 0.25) is 0 Å². The average molecular weight is 308 g/mol. The second-order valence-electron chi connectivity index (χ2n) is 5.38. The minimum atomic E-state index is 0.641. The molecule has 4 heteroatoms. The van der Waals surface area contributed by atoms with Crippen molar-refractivity contribution in [2.45, 2.75) is 32.7 Å². The Bertz CT molecular complexity index is 576. The van der Waals surface area contributed by atoms with Crippen LogP contribution in [-0.4, -0.2) is 9.55 Å². The smallest absolute Gasteiger partial charge is 0.201 e. The lowest BCUT2D eigenvalue weighted by molar-refractivity contribution is 0.370. The Morgan fingerprint density at radius 3 is 3.00 bits per heavy atom. The molecule has 2 aromatic rings. The van der Waals surface area contributed by atoms with E-state index < -0.39 is 0 Å². The molecule has 18 heavy (non-hydrogen) atoms. The van der Waals surface area contributed by atoms with Crippen molar-refractivity contribution in [2.24, 2.45) is 11.8 Å². The highest BCUT2D eigenvalue weighted by molar-refractivity contribution is 9.10. The van der Waals surface area contributed by atoms with Gasteiger partial charge in [0.1, 0.15) is 0 Å². The molecular formula is C14H18BrN3. The number of nitrogens with two attached hydrogens (primary N) is 1. The fraction of sp³-hybridized carbons (Fsp3) is 0.500. The van der Waals surface area contributed by atoms with E-state index in [1.807, 2.05) is 12.1 Å². The maximum Gasteiger partial charge on any atom is 0.201 e. The molecule has 0 amide bonds. The van der Waals surface area contributed by atoms with Crippen LogP contribution in [0.5, 0.6) is 0 Å². The number of benzene rings is 1. The lowest BCUT2D eigenvalue weighted by Crippen LogP contribution is -2.14. The molecule has 2 unspecified atom stereocenters. The summed E-state index contributed by atoms with van der Waals surface area (Å²) in [7, 11) is 0. The van der Waals surface area contributed by atoms with Crippen LogP contribution >= 0.6 is 15.9 Å². The molecule has 0 radical (unpaired) electrons. The Balaban J connectivity index is 1.99. The van der Waals surface area contributed by atoms with Gasteiger partial charge in [0, 0.05) is 11.0 Å². The third-order valence-corrected chi connectivity index (χ3v) is 4.69. The number of fused-ring (bicyclic) bond motifs is 1. The number of imidazole rings is 1. The van der Waals surface area contributed by atoms with Gasteiger partial charge in [0.15, 0.2) is 0 Å². The molecule has 3 nitrogen and oxygen atoms in total. The number of halogens is 1. The Morgan fingerprint density at radius 2 is 2.28 bits per heavy atom. The Kier molecular flexibility index (Phi) is 3.06. The largest absolute Gasteiger partial charge is 0.369 e. The van der Waals surface area contributed by atoms with Gasteiger partial charge in [-0.3, -0.25) is 0 Å². The van der Waals surface area contributed by atoms with Crippen molar-refractivity contribution in [3.05, 3.63) is 22.7 Å². The quantitative estimate of drug-likeness (QED) is 0.916. The first-order valence-corrected chi connectivity index (χ1v) is 7.35. The van der Waals surface area contributed by atoms with E-state index in [9.17, 15) is 0 Å². The summed E-state index contributed by atoms with van der Waals surface area (Å²) in [5, 5.41) is 0. The number of hydrogen-bond acceptors (Lipinski definition) is 2. The predicted molar refractivity (Wildman–Crippen MR) is 78.4 cm³/mol. The number of aromatic nitrogens is 2. The van der Waals surface area contributed by atoms with Crippen LogP contribution in [0.15, 0.2) is 22.7 Å². The highest BCUT2D eigenvalue weighted by atomic mass is 79.9. The summed E-state index contributed by atoms with van der Waals surface area (Å²) in [6.45, 7) is 3.35. The maximum atomic E-state index is 6.06. The van der Waals surface area contributed by atoms with E-state index in [4.69, 9.17) is 5.73 Å². The number of nitrogens with zero attached hydrogens (tertiary/aromatic N) is 2. The standard InChI is InChI=1S/C14H18BrN3/c1-9-3-2-4-10(9)8-18-13-7-11(15)5-6-12(13)17-14(18)16/h5-7,9-10H,2-4,8H2,1H3,(H2,16,17). The lowest BCUT2D eigenvalue weighted by Gasteiger charge is -2.17. The normalized spacial score (nSPS) is 23.9. The second kappa shape index (κ2) is 4.57. The summed E-state index contributed by atoms with van der Waals surface area (Å²) < 4.78 is 3.25. The van der Waals surface area contributed by atoms with Gasteiger partial charge >= 0.3 is 0 Å². The summed E-state index contributed by atoms with van der Waals surface area (Å²) >= 11 is 3.52. The molecular weight excluding hydrogens is 290 g/mol. The third-order valence-electron chi connectivity index (χ3n) is 4.20. The average Bonchev–Trinajstić information content (AvgIpc) is 2.86. The van der Waals surface area contributed by atoms with Crippen LogP contribution in [-0.2, 0) is 6.54 Å². The molecule has 1 fully saturated rings. The van der Waals surface area contributed by atoms with Crippen molar-refractivity contribution < 1.29 is 0 Å². The zero-order chi connectivity index (χ0) is 12.7. The Morgan fingerprint density at radius 1 is 1.44 bits per heavy atom. The maximum absolute atomic E-state index is 6.06. The fourth-order valence-corrected chi connectivity index (χ4v) is 3.38. The van der Waals surface area contributed by atoms with Gasteiger partial charge in [-0.1, -0.05) is 35.7 Å². The molecule has 96 valence electrons. The highest BCUT2D eigenvalue weighted by Gasteiger charge is 2.24. The molecule has 0 bridgehead atoms. The van der Waals surface area contributed by atoms with Crippen LogP contribution in [0, 0.1) is 11.8 Å². The minimum absolute atomic E-state index is 0.641. The van der Waals surface area contributed by atoms with Crippen molar-refractivity contribution in [3.63, 3.8) is 0 Å². The Hall–Kier alpha value is -1.03. The van der Waals surface area contributed by atoms with E-state index in [1.165, 1.54) is 19.3 Å².